The Labute approximate surface area is 158 Å². The third kappa shape index (κ3) is 4.08. The fraction of sp³-hybridized carbons (Fsp3) is 0.182. The molecular weight excluding hydrogens is 340 g/mol. The largest absolute Gasteiger partial charge is 0.497 e. The molecule has 0 radical (unpaired) electrons. The first kappa shape index (κ1) is 18.5. The van der Waals surface area contributed by atoms with Crippen LogP contribution in [-0.2, 0) is 11.3 Å². The number of rotatable bonds is 6. The number of anilines is 1. The van der Waals surface area contributed by atoms with Gasteiger partial charge in [0.2, 0.25) is 5.91 Å². The Morgan fingerprint density at radius 1 is 1.04 bits per heavy atom. The van der Waals surface area contributed by atoms with Crippen LogP contribution in [0.1, 0.15) is 23.0 Å². The summed E-state index contributed by atoms with van der Waals surface area (Å²) in [5.74, 6) is 0.486. The first-order chi connectivity index (χ1) is 13.0. The summed E-state index contributed by atoms with van der Waals surface area (Å²) in [5.41, 5.74) is 3.88. The lowest BCUT2D eigenvalue weighted by atomic mass is 10.1. The summed E-state index contributed by atoms with van der Waals surface area (Å²) in [6, 6.07) is 18.8. The van der Waals surface area contributed by atoms with Crippen molar-refractivity contribution < 1.29 is 14.3 Å². The van der Waals surface area contributed by atoms with Crippen molar-refractivity contribution in [1.29, 1.82) is 0 Å². The van der Waals surface area contributed by atoms with Crippen LogP contribution < -0.4 is 10.1 Å². The molecular formula is C22H22N2O3. The number of hydrogen-bond acceptors (Lipinski definition) is 3. The summed E-state index contributed by atoms with van der Waals surface area (Å²) < 4.78 is 7.06. The number of carbonyl (C=O) groups is 2. The summed E-state index contributed by atoms with van der Waals surface area (Å²) in [5, 5.41) is 2.88. The SMILES string of the molecule is COc1cccc(NC(=O)Cn2c(-c3ccccc3)cc(C(C)=O)c2C)c1. The second-order valence-corrected chi connectivity index (χ2v) is 6.32. The third-order valence-electron chi connectivity index (χ3n) is 4.47. The monoisotopic (exact) mass is 362 g/mol. The summed E-state index contributed by atoms with van der Waals surface area (Å²) in [7, 11) is 1.58. The molecule has 0 aliphatic carbocycles. The van der Waals surface area contributed by atoms with E-state index in [-0.39, 0.29) is 18.2 Å². The Morgan fingerprint density at radius 3 is 2.44 bits per heavy atom. The van der Waals surface area contributed by atoms with Crippen molar-refractivity contribution in [2.24, 2.45) is 0 Å². The smallest absolute Gasteiger partial charge is 0.244 e. The van der Waals surface area contributed by atoms with Crippen LogP contribution in [0.15, 0.2) is 60.7 Å². The number of aromatic nitrogens is 1. The van der Waals surface area contributed by atoms with E-state index in [4.69, 9.17) is 4.74 Å². The zero-order valence-corrected chi connectivity index (χ0v) is 15.7. The van der Waals surface area contributed by atoms with Crippen LogP contribution in [0.2, 0.25) is 0 Å². The first-order valence-corrected chi connectivity index (χ1v) is 8.70. The highest BCUT2D eigenvalue weighted by Gasteiger charge is 2.18. The Morgan fingerprint density at radius 2 is 1.78 bits per heavy atom. The molecule has 2 aromatic carbocycles. The lowest BCUT2D eigenvalue weighted by Crippen LogP contribution is -2.20. The topological polar surface area (TPSA) is 60.3 Å². The van der Waals surface area contributed by atoms with Crippen LogP contribution in [0.5, 0.6) is 5.75 Å². The van der Waals surface area contributed by atoms with Crippen molar-refractivity contribution in [2.75, 3.05) is 12.4 Å². The second-order valence-electron chi connectivity index (χ2n) is 6.32. The van der Waals surface area contributed by atoms with E-state index >= 15 is 0 Å². The highest BCUT2D eigenvalue weighted by Crippen LogP contribution is 2.26. The summed E-state index contributed by atoms with van der Waals surface area (Å²) in [4.78, 5) is 24.6. The maximum absolute atomic E-state index is 12.6. The van der Waals surface area contributed by atoms with E-state index in [0.717, 1.165) is 17.0 Å². The third-order valence-corrected chi connectivity index (χ3v) is 4.47. The number of ether oxygens (including phenoxy) is 1. The number of nitrogens with zero attached hydrogens (tertiary/aromatic N) is 1. The summed E-state index contributed by atoms with van der Waals surface area (Å²) in [6.45, 7) is 3.51. The lowest BCUT2D eigenvalue weighted by molar-refractivity contribution is -0.116. The molecule has 138 valence electrons. The predicted octanol–water partition coefficient (Wildman–Crippen LogP) is 4.31. The van der Waals surface area contributed by atoms with Crippen LogP contribution in [0.3, 0.4) is 0 Å². The van der Waals surface area contributed by atoms with Gasteiger partial charge in [-0.05, 0) is 37.6 Å². The van der Waals surface area contributed by atoms with Crippen molar-refractivity contribution in [3.8, 4) is 17.0 Å². The molecule has 1 N–H and O–H groups in total. The van der Waals surface area contributed by atoms with Gasteiger partial charge in [-0.25, -0.2) is 0 Å². The van der Waals surface area contributed by atoms with Gasteiger partial charge >= 0.3 is 0 Å². The number of methoxy groups -OCH3 is 1. The van der Waals surface area contributed by atoms with Gasteiger partial charge < -0.3 is 14.6 Å². The van der Waals surface area contributed by atoms with Crippen LogP contribution in [0.4, 0.5) is 5.69 Å². The van der Waals surface area contributed by atoms with Gasteiger partial charge in [-0.1, -0.05) is 36.4 Å². The Balaban J connectivity index is 1.91. The molecule has 5 heteroatoms. The van der Waals surface area contributed by atoms with Crippen molar-refractivity contribution in [3.63, 3.8) is 0 Å². The second kappa shape index (κ2) is 7.91. The molecule has 3 aromatic rings. The Bertz CT molecular complexity index is 974. The molecule has 0 aliphatic rings. The average molecular weight is 362 g/mol. The summed E-state index contributed by atoms with van der Waals surface area (Å²) in [6.07, 6.45) is 0. The quantitative estimate of drug-likeness (QED) is 0.665. The number of benzene rings is 2. The van der Waals surface area contributed by atoms with E-state index in [1.807, 2.05) is 66.1 Å². The molecule has 5 nitrogen and oxygen atoms in total. The van der Waals surface area contributed by atoms with Crippen LogP contribution in [0.25, 0.3) is 11.3 Å². The number of nitrogens with one attached hydrogen (secondary N) is 1. The average Bonchev–Trinajstić information content (AvgIpc) is 2.99. The molecule has 1 heterocycles. The van der Waals surface area contributed by atoms with Crippen LogP contribution in [0, 0.1) is 6.92 Å². The minimum Gasteiger partial charge on any atom is -0.497 e. The van der Waals surface area contributed by atoms with Crippen molar-refractivity contribution >= 4 is 17.4 Å². The zero-order valence-electron chi connectivity index (χ0n) is 15.7. The maximum Gasteiger partial charge on any atom is 0.244 e. The highest BCUT2D eigenvalue weighted by atomic mass is 16.5. The van der Waals surface area contributed by atoms with E-state index in [0.29, 0.717) is 17.0 Å². The number of hydrogen-bond donors (Lipinski definition) is 1. The normalized spacial score (nSPS) is 10.5. The fourth-order valence-corrected chi connectivity index (χ4v) is 3.10. The molecule has 0 aliphatic heterocycles. The number of Topliss-reactive ketones (excluding diaryl/α,β-unsaturated/α-hetero) is 1. The van der Waals surface area contributed by atoms with E-state index < -0.39 is 0 Å². The number of amides is 1. The Kier molecular flexibility index (Phi) is 5.41. The molecule has 0 saturated carbocycles. The van der Waals surface area contributed by atoms with Crippen molar-refractivity contribution in [2.45, 2.75) is 20.4 Å². The molecule has 1 aromatic heterocycles. The molecule has 27 heavy (non-hydrogen) atoms. The minimum atomic E-state index is -0.172. The maximum atomic E-state index is 12.6. The molecule has 3 rings (SSSR count). The van der Waals surface area contributed by atoms with Gasteiger partial charge in [-0.3, -0.25) is 9.59 Å². The summed E-state index contributed by atoms with van der Waals surface area (Å²) >= 11 is 0. The highest BCUT2D eigenvalue weighted by molar-refractivity contribution is 5.97. The fourth-order valence-electron chi connectivity index (χ4n) is 3.10. The van der Waals surface area contributed by atoms with Gasteiger partial charge in [0.1, 0.15) is 12.3 Å². The van der Waals surface area contributed by atoms with Gasteiger partial charge in [0.15, 0.2) is 5.78 Å². The lowest BCUT2D eigenvalue weighted by Gasteiger charge is -2.13. The van der Waals surface area contributed by atoms with Crippen LogP contribution >= 0.6 is 0 Å². The van der Waals surface area contributed by atoms with E-state index in [1.54, 1.807) is 13.2 Å². The first-order valence-electron chi connectivity index (χ1n) is 8.70. The van der Waals surface area contributed by atoms with Gasteiger partial charge in [-0.15, -0.1) is 0 Å². The van der Waals surface area contributed by atoms with Gasteiger partial charge in [-0.2, -0.15) is 0 Å². The van der Waals surface area contributed by atoms with E-state index in [2.05, 4.69) is 5.32 Å². The van der Waals surface area contributed by atoms with E-state index in [9.17, 15) is 9.59 Å². The standard InChI is InChI=1S/C22H22N2O3/c1-15-20(16(2)25)13-21(17-8-5-4-6-9-17)24(15)14-22(26)23-18-10-7-11-19(12-18)27-3/h4-13H,14H2,1-3H3,(H,23,26). The molecule has 0 spiro atoms. The number of ketones is 1. The molecule has 0 saturated heterocycles. The van der Waals surface area contributed by atoms with Gasteiger partial charge in [0.05, 0.1) is 7.11 Å². The number of carbonyl (C=O) groups excluding carboxylic acids is 2. The zero-order chi connectivity index (χ0) is 19.4. The van der Waals surface area contributed by atoms with Crippen molar-refractivity contribution in [1.82, 2.24) is 4.57 Å². The molecule has 0 bridgehead atoms. The predicted molar refractivity (Wildman–Crippen MR) is 106 cm³/mol. The molecule has 1 amide bonds. The van der Waals surface area contributed by atoms with Crippen molar-refractivity contribution in [3.05, 3.63) is 71.9 Å². The van der Waals surface area contributed by atoms with Crippen LogP contribution in [-0.4, -0.2) is 23.4 Å². The molecule has 0 fully saturated rings. The molecule has 0 atom stereocenters. The van der Waals surface area contributed by atoms with Gasteiger partial charge in [0, 0.05) is 28.7 Å². The molecule has 0 unspecified atom stereocenters. The Hall–Kier alpha value is -3.34. The van der Waals surface area contributed by atoms with Gasteiger partial charge in [0.25, 0.3) is 0 Å². The minimum absolute atomic E-state index is 0.0170. The van der Waals surface area contributed by atoms with E-state index in [1.165, 1.54) is 6.92 Å².